The highest BCUT2D eigenvalue weighted by Crippen LogP contribution is 2.23. The van der Waals surface area contributed by atoms with Gasteiger partial charge < -0.3 is 9.84 Å². The number of aromatic hydroxyl groups is 1. The van der Waals surface area contributed by atoms with Crippen LogP contribution in [0, 0.1) is 0 Å². The van der Waals surface area contributed by atoms with Crippen LogP contribution in [0.2, 0.25) is 0 Å². The Balaban J connectivity index is 2.05. The maximum Gasteiger partial charge on any atom is 0.128 e. The van der Waals surface area contributed by atoms with Crippen molar-refractivity contribution in [3.8, 4) is 11.5 Å². The van der Waals surface area contributed by atoms with Crippen molar-refractivity contribution >= 4 is 11.9 Å². The van der Waals surface area contributed by atoms with E-state index in [-0.39, 0.29) is 5.75 Å². The molecule has 2 aromatic rings. The van der Waals surface area contributed by atoms with Crippen molar-refractivity contribution in [2.24, 2.45) is 4.99 Å². The first kappa shape index (κ1) is 16.1. The minimum Gasteiger partial charge on any atom is -0.507 e. The van der Waals surface area contributed by atoms with E-state index >= 15 is 0 Å². The van der Waals surface area contributed by atoms with Gasteiger partial charge in [0, 0.05) is 17.8 Å². The first-order valence-corrected chi connectivity index (χ1v) is 7.81. The van der Waals surface area contributed by atoms with E-state index in [2.05, 4.69) is 24.0 Å². The zero-order chi connectivity index (χ0) is 15.8. The topological polar surface area (TPSA) is 41.8 Å². The minimum absolute atomic E-state index is 0.175. The highest BCUT2D eigenvalue weighted by atomic mass is 16.5. The molecule has 0 saturated heterocycles. The minimum atomic E-state index is 0.175. The lowest BCUT2D eigenvalue weighted by atomic mass is 10.1. The van der Waals surface area contributed by atoms with Gasteiger partial charge in [-0.15, -0.1) is 0 Å². The van der Waals surface area contributed by atoms with Crippen LogP contribution in [0.4, 0.5) is 5.69 Å². The molecule has 0 aliphatic carbocycles. The second-order valence-electron chi connectivity index (χ2n) is 5.18. The lowest BCUT2D eigenvalue weighted by Crippen LogP contribution is -1.92. The molecule has 116 valence electrons. The molecule has 0 saturated carbocycles. The van der Waals surface area contributed by atoms with Crippen molar-refractivity contribution < 1.29 is 9.84 Å². The van der Waals surface area contributed by atoms with Crippen LogP contribution in [0.1, 0.15) is 37.8 Å². The average molecular weight is 297 g/mol. The SMILES string of the molecule is CCCCc1ccc(N=Cc2ccc(OCC)cc2O)cc1. The van der Waals surface area contributed by atoms with E-state index in [9.17, 15) is 5.11 Å². The van der Waals surface area contributed by atoms with Gasteiger partial charge in [-0.1, -0.05) is 25.5 Å². The number of nitrogens with zero attached hydrogens (tertiary/aromatic N) is 1. The summed E-state index contributed by atoms with van der Waals surface area (Å²) in [5.41, 5.74) is 2.90. The van der Waals surface area contributed by atoms with E-state index in [0.29, 0.717) is 17.9 Å². The van der Waals surface area contributed by atoms with Crippen LogP contribution < -0.4 is 4.74 Å². The molecule has 0 heterocycles. The van der Waals surface area contributed by atoms with Gasteiger partial charge in [0.05, 0.1) is 12.3 Å². The van der Waals surface area contributed by atoms with Crippen molar-refractivity contribution in [3.63, 3.8) is 0 Å². The van der Waals surface area contributed by atoms with Gasteiger partial charge in [0.1, 0.15) is 11.5 Å². The third-order valence-electron chi connectivity index (χ3n) is 3.42. The van der Waals surface area contributed by atoms with Crippen molar-refractivity contribution in [3.05, 3.63) is 53.6 Å². The normalized spacial score (nSPS) is 11.0. The maximum absolute atomic E-state index is 9.97. The van der Waals surface area contributed by atoms with Crippen LogP contribution in [0.25, 0.3) is 0 Å². The van der Waals surface area contributed by atoms with Crippen molar-refractivity contribution in [2.45, 2.75) is 33.1 Å². The van der Waals surface area contributed by atoms with Crippen molar-refractivity contribution in [1.29, 1.82) is 0 Å². The molecular formula is C19H23NO2. The van der Waals surface area contributed by atoms with E-state index in [4.69, 9.17) is 4.74 Å². The Labute approximate surface area is 132 Å². The monoisotopic (exact) mass is 297 g/mol. The molecule has 0 fully saturated rings. The van der Waals surface area contributed by atoms with E-state index in [1.807, 2.05) is 25.1 Å². The van der Waals surface area contributed by atoms with Crippen LogP contribution in [0.5, 0.6) is 11.5 Å². The summed E-state index contributed by atoms with van der Waals surface area (Å²) < 4.78 is 5.35. The van der Waals surface area contributed by atoms with Gasteiger partial charge in [-0.2, -0.15) is 0 Å². The largest absolute Gasteiger partial charge is 0.507 e. The van der Waals surface area contributed by atoms with E-state index in [1.54, 1.807) is 18.3 Å². The van der Waals surface area contributed by atoms with E-state index in [0.717, 1.165) is 12.1 Å². The third-order valence-corrected chi connectivity index (χ3v) is 3.42. The van der Waals surface area contributed by atoms with Crippen molar-refractivity contribution in [2.75, 3.05) is 6.61 Å². The molecule has 0 aromatic heterocycles. The predicted molar refractivity (Wildman–Crippen MR) is 91.6 cm³/mol. The summed E-state index contributed by atoms with van der Waals surface area (Å²) in [5, 5.41) is 9.97. The zero-order valence-electron chi connectivity index (χ0n) is 13.2. The Hall–Kier alpha value is -2.29. The summed E-state index contributed by atoms with van der Waals surface area (Å²) in [6.45, 7) is 4.69. The van der Waals surface area contributed by atoms with E-state index in [1.165, 1.54) is 18.4 Å². The number of phenols is 1. The summed E-state index contributed by atoms with van der Waals surface area (Å²) in [6, 6.07) is 13.5. The number of aliphatic imine (C=N–C) groups is 1. The standard InChI is InChI=1S/C19H23NO2/c1-3-5-6-15-7-10-17(11-8-15)20-14-16-9-12-18(22-4-2)13-19(16)21/h7-14,21H,3-6H2,1-2H3. The summed E-state index contributed by atoms with van der Waals surface area (Å²) in [5.74, 6) is 0.840. The number of phenolic OH excluding ortho intramolecular Hbond substituents is 1. The van der Waals surface area contributed by atoms with Crippen LogP contribution in [-0.4, -0.2) is 17.9 Å². The van der Waals surface area contributed by atoms with Gasteiger partial charge in [0.2, 0.25) is 0 Å². The lowest BCUT2D eigenvalue weighted by Gasteiger charge is -2.05. The first-order valence-electron chi connectivity index (χ1n) is 7.81. The third kappa shape index (κ3) is 4.62. The smallest absolute Gasteiger partial charge is 0.128 e. The number of benzene rings is 2. The predicted octanol–water partition coefficient (Wildman–Crippen LogP) is 4.88. The van der Waals surface area contributed by atoms with Crippen LogP contribution >= 0.6 is 0 Å². The molecule has 2 aromatic carbocycles. The summed E-state index contributed by atoms with van der Waals surface area (Å²) >= 11 is 0. The van der Waals surface area contributed by atoms with E-state index < -0.39 is 0 Å². The Morgan fingerprint density at radius 2 is 1.86 bits per heavy atom. The second kappa shape index (κ2) is 8.23. The van der Waals surface area contributed by atoms with Gasteiger partial charge >= 0.3 is 0 Å². The highest BCUT2D eigenvalue weighted by Gasteiger charge is 2.01. The van der Waals surface area contributed by atoms with Gasteiger partial charge in [-0.05, 0) is 49.6 Å². The molecule has 0 spiro atoms. The number of rotatable bonds is 7. The fourth-order valence-corrected chi connectivity index (χ4v) is 2.16. The number of aryl methyl sites for hydroxylation is 1. The quantitative estimate of drug-likeness (QED) is 0.740. The average Bonchev–Trinajstić information content (AvgIpc) is 2.53. The molecule has 3 heteroatoms. The molecule has 0 amide bonds. The molecule has 0 aliphatic heterocycles. The molecular weight excluding hydrogens is 274 g/mol. The van der Waals surface area contributed by atoms with Crippen LogP contribution in [0.3, 0.4) is 0 Å². The molecule has 0 atom stereocenters. The number of ether oxygens (including phenoxy) is 1. The Kier molecular flexibility index (Phi) is 6.01. The number of unbranched alkanes of at least 4 members (excludes halogenated alkanes) is 1. The van der Waals surface area contributed by atoms with Gasteiger partial charge in [-0.3, -0.25) is 4.99 Å². The lowest BCUT2D eigenvalue weighted by molar-refractivity contribution is 0.337. The molecule has 22 heavy (non-hydrogen) atoms. The number of hydrogen-bond acceptors (Lipinski definition) is 3. The van der Waals surface area contributed by atoms with Crippen LogP contribution in [-0.2, 0) is 6.42 Å². The Morgan fingerprint density at radius 1 is 1.09 bits per heavy atom. The second-order valence-corrected chi connectivity index (χ2v) is 5.18. The summed E-state index contributed by atoms with van der Waals surface area (Å²) in [7, 11) is 0. The van der Waals surface area contributed by atoms with Crippen LogP contribution in [0.15, 0.2) is 47.5 Å². The first-order chi connectivity index (χ1) is 10.7. The molecule has 0 radical (unpaired) electrons. The summed E-state index contributed by atoms with van der Waals surface area (Å²) in [6.07, 6.45) is 5.20. The molecule has 1 N–H and O–H groups in total. The van der Waals surface area contributed by atoms with Gasteiger partial charge in [-0.25, -0.2) is 0 Å². The highest BCUT2D eigenvalue weighted by molar-refractivity contribution is 5.85. The fraction of sp³-hybridized carbons (Fsp3) is 0.316. The molecule has 0 unspecified atom stereocenters. The Morgan fingerprint density at radius 3 is 2.50 bits per heavy atom. The fourth-order valence-electron chi connectivity index (χ4n) is 2.16. The molecule has 0 bridgehead atoms. The number of hydrogen-bond donors (Lipinski definition) is 1. The van der Waals surface area contributed by atoms with Gasteiger partial charge in [0.25, 0.3) is 0 Å². The van der Waals surface area contributed by atoms with Crippen molar-refractivity contribution in [1.82, 2.24) is 0 Å². The zero-order valence-corrected chi connectivity index (χ0v) is 13.2. The Bertz CT molecular complexity index is 618. The maximum atomic E-state index is 9.97. The van der Waals surface area contributed by atoms with Gasteiger partial charge in [0.15, 0.2) is 0 Å². The molecule has 2 rings (SSSR count). The molecule has 0 aliphatic rings. The summed E-state index contributed by atoms with van der Waals surface area (Å²) in [4.78, 5) is 4.41. The molecule has 3 nitrogen and oxygen atoms in total.